The summed E-state index contributed by atoms with van der Waals surface area (Å²) in [5, 5.41) is 4.15. The van der Waals surface area contributed by atoms with Crippen LogP contribution in [0.1, 0.15) is 12.0 Å². The molecular weight excluding hydrogens is 334 g/mol. The number of nitrogens with zero attached hydrogens (tertiary/aromatic N) is 3. The smallest absolute Gasteiger partial charge is 0.258 e. The van der Waals surface area contributed by atoms with Crippen LogP contribution in [-0.4, -0.2) is 36.5 Å². The van der Waals surface area contributed by atoms with Gasteiger partial charge < -0.3 is 4.74 Å². The molecule has 1 saturated heterocycles. The number of ether oxygens (including phenoxy) is 1. The van der Waals surface area contributed by atoms with E-state index in [9.17, 15) is 14.5 Å². The number of imide groups is 1. The molecule has 7 heteroatoms. The van der Waals surface area contributed by atoms with E-state index in [-0.39, 0.29) is 18.9 Å². The third-order valence-electron chi connectivity index (χ3n) is 4.39. The van der Waals surface area contributed by atoms with Crippen molar-refractivity contribution in [2.45, 2.75) is 18.9 Å². The number of benzene rings is 2. The van der Waals surface area contributed by atoms with Crippen LogP contribution >= 0.6 is 0 Å². The minimum Gasteiger partial charge on any atom is -0.497 e. The molecule has 1 aliphatic rings. The molecule has 2 aromatic carbocycles. The van der Waals surface area contributed by atoms with E-state index in [0.717, 1.165) is 21.2 Å². The summed E-state index contributed by atoms with van der Waals surface area (Å²) < 4.78 is 5.11. The highest BCUT2D eigenvalue weighted by Gasteiger charge is 2.43. The molecular formula is C19H19N3O4. The highest BCUT2D eigenvalue weighted by Crippen LogP contribution is 2.26. The Morgan fingerprint density at radius 3 is 2.42 bits per heavy atom. The van der Waals surface area contributed by atoms with Crippen LogP contribution in [0.2, 0.25) is 0 Å². The number of amides is 2. The minimum absolute atomic E-state index is 0.0535. The van der Waals surface area contributed by atoms with Crippen LogP contribution in [0, 0.1) is 4.91 Å². The lowest BCUT2D eigenvalue weighted by atomic mass is 10.1. The van der Waals surface area contributed by atoms with Gasteiger partial charge in [0.2, 0.25) is 5.91 Å². The molecule has 134 valence electrons. The van der Waals surface area contributed by atoms with E-state index in [1.165, 1.54) is 0 Å². The Balaban J connectivity index is 1.69. The number of rotatable bonds is 7. The van der Waals surface area contributed by atoms with Gasteiger partial charge in [0.1, 0.15) is 11.8 Å². The predicted molar refractivity (Wildman–Crippen MR) is 96.5 cm³/mol. The summed E-state index contributed by atoms with van der Waals surface area (Å²) in [6.45, 7) is 0.252. The average Bonchev–Trinajstić information content (AvgIpc) is 2.97. The second kappa shape index (κ2) is 7.77. The van der Waals surface area contributed by atoms with Gasteiger partial charge in [-0.1, -0.05) is 30.3 Å². The molecule has 0 radical (unpaired) electrons. The van der Waals surface area contributed by atoms with Crippen LogP contribution in [0.5, 0.6) is 5.75 Å². The topological polar surface area (TPSA) is 79.3 Å². The number of carbonyl (C=O) groups is 2. The van der Waals surface area contributed by atoms with Gasteiger partial charge in [0, 0.05) is 6.54 Å². The Morgan fingerprint density at radius 2 is 1.81 bits per heavy atom. The van der Waals surface area contributed by atoms with E-state index in [0.29, 0.717) is 12.1 Å². The van der Waals surface area contributed by atoms with E-state index in [2.05, 4.69) is 5.29 Å². The molecule has 1 heterocycles. The first kappa shape index (κ1) is 17.6. The maximum atomic E-state index is 12.7. The summed E-state index contributed by atoms with van der Waals surface area (Å²) in [6, 6.07) is 15.3. The summed E-state index contributed by atoms with van der Waals surface area (Å²) in [5.41, 5.74) is 1.49. The van der Waals surface area contributed by atoms with Crippen molar-refractivity contribution in [3.05, 3.63) is 65.1 Å². The number of anilines is 1. The van der Waals surface area contributed by atoms with Crippen molar-refractivity contribution in [3.63, 3.8) is 0 Å². The number of hydrogen-bond acceptors (Lipinski definition) is 5. The van der Waals surface area contributed by atoms with Gasteiger partial charge in [-0.3, -0.25) is 9.59 Å². The van der Waals surface area contributed by atoms with E-state index in [4.69, 9.17) is 4.74 Å². The van der Waals surface area contributed by atoms with Gasteiger partial charge in [0.25, 0.3) is 5.91 Å². The van der Waals surface area contributed by atoms with Crippen LogP contribution in [0.15, 0.2) is 59.9 Å². The van der Waals surface area contributed by atoms with Crippen molar-refractivity contribution < 1.29 is 14.3 Å². The molecule has 0 N–H and O–H groups in total. The molecule has 1 fully saturated rings. The average molecular weight is 353 g/mol. The molecule has 0 spiro atoms. The maximum Gasteiger partial charge on any atom is 0.258 e. The summed E-state index contributed by atoms with van der Waals surface area (Å²) in [7, 11) is 1.59. The quantitative estimate of drug-likeness (QED) is 0.434. The molecule has 0 aromatic heterocycles. The normalized spacial score (nSPS) is 16.7. The molecule has 0 bridgehead atoms. The van der Waals surface area contributed by atoms with Gasteiger partial charge >= 0.3 is 0 Å². The third-order valence-corrected chi connectivity index (χ3v) is 4.39. The fourth-order valence-electron chi connectivity index (χ4n) is 2.99. The monoisotopic (exact) mass is 353 g/mol. The van der Waals surface area contributed by atoms with Crippen molar-refractivity contribution in [2.75, 3.05) is 18.6 Å². The molecule has 1 aliphatic heterocycles. The minimum atomic E-state index is -0.863. The van der Waals surface area contributed by atoms with Gasteiger partial charge in [0.15, 0.2) is 0 Å². The first-order valence-electron chi connectivity index (χ1n) is 8.28. The molecule has 2 amide bonds. The summed E-state index contributed by atoms with van der Waals surface area (Å²) in [4.78, 5) is 37.3. The lowest BCUT2D eigenvalue weighted by molar-refractivity contribution is -0.123. The lowest BCUT2D eigenvalue weighted by Gasteiger charge is -2.21. The summed E-state index contributed by atoms with van der Waals surface area (Å²) in [6.07, 6.45) is 0.473. The number of hydrogen-bond donors (Lipinski definition) is 0. The Labute approximate surface area is 151 Å². The molecule has 3 rings (SSSR count). The summed E-state index contributed by atoms with van der Waals surface area (Å²) in [5.74, 6) is -0.00554. The van der Waals surface area contributed by atoms with Crippen molar-refractivity contribution in [1.82, 2.24) is 5.01 Å². The fraction of sp³-hybridized carbons (Fsp3) is 0.263. The first-order valence-corrected chi connectivity index (χ1v) is 8.28. The van der Waals surface area contributed by atoms with Crippen molar-refractivity contribution in [2.24, 2.45) is 5.29 Å². The predicted octanol–water partition coefficient (Wildman–Crippen LogP) is 2.55. The van der Waals surface area contributed by atoms with Crippen LogP contribution < -0.4 is 9.64 Å². The van der Waals surface area contributed by atoms with Gasteiger partial charge in [-0.15, -0.1) is 4.91 Å². The van der Waals surface area contributed by atoms with Crippen LogP contribution in [0.3, 0.4) is 0 Å². The van der Waals surface area contributed by atoms with Gasteiger partial charge in [-0.2, -0.15) is 0 Å². The zero-order valence-corrected chi connectivity index (χ0v) is 14.4. The van der Waals surface area contributed by atoms with Crippen molar-refractivity contribution >= 4 is 17.5 Å². The second-order valence-corrected chi connectivity index (χ2v) is 5.97. The standard InChI is InChI=1S/C19H19N3O4/c1-26-16-9-7-14(8-10-16)11-12-21(20-25)17-13-18(23)22(19(17)24)15-5-3-2-4-6-15/h2-10,17H,11-13H2,1H3. The fourth-order valence-corrected chi connectivity index (χ4v) is 2.99. The maximum absolute atomic E-state index is 12.7. The molecule has 7 nitrogen and oxygen atoms in total. The highest BCUT2D eigenvalue weighted by molar-refractivity contribution is 6.22. The van der Waals surface area contributed by atoms with Crippen molar-refractivity contribution in [3.8, 4) is 5.75 Å². The van der Waals surface area contributed by atoms with E-state index in [1.54, 1.807) is 37.4 Å². The number of nitroso groups, excluding NO2 is 1. The first-order chi connectivity index (χ1) is 12.6. The largest absolute Gasteiger partial charge is 0.497 e. The zero-order chi connectivity index (χ0) is 18.5. The Kier molecular flexibility index (Phi) is 5.26. The SMILES string of the molecule is COc1ccc(CCN(N=O)C2CC(=O)N(c3ccccc3)C2=O)cc1. The van der Waals surface area contributed by atoms with E-state index < -0.39 is 11.9 Å². The lowest BCUT2D eigenvalue weighted by Crippen LogP contribution is -2.40. The van der Waals surface area contributed by atoms with Crippen molar-refractivity contribution in [1.29, 1.82) is 0 Å². The number of methoxy groups -OCH3 is 1. The molecule has 1 unspecified atom stereocenters. The molecule has 2 aromatic rings. The van der Waals surface area contributed by atoms with Gasteiger partial charge in [-0.25, -0.2) is 9.91 Å². The number of carbonyl (C=O) groups excluding carboxylic acids is 2. The Morgan fingerprint density at radius 1 is 1.12 bits per heavy atom. The zero-order valence-electron chi connectivity index (χ0n) is 14.4. The van der Waals surface area contributed by atoms with Crippen LogP contribution in [0.25, 0.3) is 0 Å². The second-order valence-electron chi connectivity index (χ2n) is 5.97. The van der Waals surface area contributed by atoms with Gasteiger partial charge in [-0.05, 0) is 36.2 Å². The van der Waals surface area contributed by atoms with Gasteiger partial charge in [0.05, 0.1) is 24.5 Å². The molecule has 26 heavy (non-hydrogen) atoms. The highest BCUT2D eigenvalue weighted by atomic mass is 16.5. The number of para-hydroxylation sites is 1. The molecule has 1 atom stereocenters. The summed E-state index contributed by atoms with van der Waals surface area (Å²) >= 11 is 0. The van der Waals surface area contributed by atoms with E-state index >= 15 is 0 Å². The Bertz CT molecular complexity index is 792. The van der Waals surface area contributed by atoms with Crippen LogP contribution in [0.4, 0.5) is 5.69 Å². The molecule has 0 saturated carbocycles. The Hall–Kier alpha value is -3.22. The molecule has 0 aliphatic carbocycles. The third kappa shape index (κ3) is 3.56. The van der Waals surface area contributed by atoms with E-state index in [1.807, 2.05) is 24.3 Å². The van der Waals surface area contributed by atoms with Crippen LogP contribution in [-0.2, 0) is 16.0 Å².